The molecule has 0 aliphatic carbocycles. The number of nitrogens with zero attached hydrogens (tertiary/aromatic N) is 2. The van der Waals surface area contributed by atoms with Gasteiger partial charge in [0.1, 0.15) is 0 Å². The number of amides is 3. The molecule has 1 aromatic heterocycles. The Balaban J connectivity index is 1.79. The number of benzene rings is 1. The number of hydrogen-bond donors (Lipinski definition) is 3. The van der Waals surface area contributed by atoms with E-state index >= 15 is 0 Å². The Morgan fingerprint density at radius 3 is 2.44 bits per heavy atom. The average molecular weight is 341 g/mol. The highest BCUT2D eigenvalue weighted by atomic mass is 16.2. The molecule has 3 amide bonds. The largest absolute Gasteiger partial charge is 0.334 e. The van der Waals surface area contributed by atoms with Crippen LogP contribution in [0.4, 0.5) is 10.5 Å². The summed E-state index contributed by atoms with van der Waals surface area (Å²) in [5, 5.41) is 8.39. The van der Waals surface area contributed by atoms with E-state index in [1.54, 1.807) is 17.3 Å². The zero-order valence-electron chi connectivity index (χ0n) is 14.5. The lowest BCUT2D eigenvalue weighted by Gasteiger charge is -2.11. The predicted octanol–water partition coefficient (Wildman–Crippen LogP) is 1.58. The lowest BCUT2D eigenvalue weighted by atomic mass is 10.2. The van der Waals surface area contributed by atoms with Gasteiger partial charge in [-0.05, 0) is 43.4 Å². The number of anilines is 1. The van der Waals surface area contributed by atoms with Gasteiger partial charge in [-0.15, -0.1) is 0 Å². The summed E-state index contributed by atoms with van der Waals surface area (Å²) in [6.45, 7) is 1.11. The molecular formula is C18H23N5O2. The van der Waals surface area contributed by atoms with Crippen molar-refractivity contribution in [2.45, 2.75) is 13.1 Å². The Labute approximate surface area is 147 Å². The summed E-state index contributed by atoms with van der Waals surface area (Å²) >= 11 is 0. The molecule has 1 heterocycles. The quantitative estimate of drug-likeness (QED) is 0.714. The van der Waals surface area contributed by atoms with Gasteiger partial charge in [0.05, 0.1) is 6.54 Å². The van der Waals surface area contributed by atoms with Gasteiger partial charge in [-0.1, -0.05) is 18.2 Å². The molecule has 0 aliphatic heterocycles. The molecule has 7 heteroatoms. The number of pyridine rings is 1. The van der Waals surface area contributed by atoms with Gasteiger partial charge in [0, 0.05) is 31.2 Å². The SMILES string of the molecule is CN(C)CC(=O)Nc1cccc(CNC(=O)NCc2cccnc2)c1. The summed E-state index contributed by atoms with van der Waals surface area (Å²) in [5.74, 6) is -0.0793. The van der Waals surface area contributed by atoms with Crippen LogP contribution < -0.4 is 16.0 Å². The lowest BCUT2D eigenvalue weighted by molar-refractivity contribution is -0.116. The average Bonchev–Trinajstić information content (AvgIpc) is 2.58. The predicted molar refractivity (Wildman–Crippen MR) is 96.9 cm³/mol. The van der Waals surface area contributed by atoms with Crippen molar-refractivity contribution in [3.8, 4) is 0 Å². The summed E-state index contributed by atoms with van der Waals surface area (Å²) in [6, 6.07) is 10.9. The van der Waals surface area contributed by atoms with E-state index < -0.39 is 0 Å². The van der Waals surface area contributed by atoms with Crippen LogP contribution in [0.1, 0.15) is 11.1 Å². The fourth-order valence-electron chi connectivity index (χ4n) is 2.18. The van der Waals surface area contributed by atoms with Crippen LogP contribution in [0, 0.1) is 0 Å². The highest BCUT2D eigenvalue weighted by Gasteiger charge is 2.05. The van der Waals surface area contributed by atoms with Crippen molar-refractivity contribution < 1.29 is 9.59 Å². The van der Waals surface area contributed by atoms with Gasteiger partial charge >= 0.3 is 6.03 Å². The van der Waals surface area contributed by atoms with E-state index in [2.05, 4.69) is 20.9 Å². The molecule has 2 rings (SSSR count). The third kappa shape index (κ3) is 7.01. The normalized spacial score (nSPS) is 10.4. The summed E-state index contributed by atoms with van der Waals surface area (Å²) in [6.07, 6.45) is 3.40. The first kappa shape index (κ1) is 18.4. The summed E-state index contributed by atoms with van der Waals surface area (Å²) < 4.78 is 0. The first-order valence-electron chi connectivity index (χ1n) is 7.97. The van der Waals surface area contributed by atoms with Crippen molar-refractivity contribution in [2.75, 3.05) is 26.0 Å². The Bertz CT molecular complexity index is 704. The highest BCUT2D eigenvalue weighted by molar-refractivity contribution is 5.92. The summed E-state index contributed by atoms with van der Waals surface area (Å²) in [4.78, 5) is 29.4. The van der Waals surface area contributed by atoms with Crippen LogP contribution in [-0.4, -0.2) is 42.5 Å². The highest BCUT2D eigenvalue weighted by Crippen LogP contribution is 2.10. The minimum atomic E-state index is -0.258. The molecule has 0 atom stereocenters. The monoisotopic (exact) mass is 341 g/mol. The second-order valence-corrected chi connectivity index (χ2v) is 5.88. The molecule has 3 N–H and O–H groups in total. The van der Waals surface area contributed by atoms with E-state index in [0.29, 0.717) is 25.3 Å². The minimum absolute atomic E-state index is 0.0793. The zero-order chi connectivity index (χ0) is 18.1. The van der Waals surface area contributed by atoms with Crippen molar-refractivity contribution in [1.82, 2.24) is 20.5 Å². The third-order valence-corrected chi connectivity index (χ3v) is 3.30. The maximum absolute atomic E-state index is 11.9. The van der Waals surface area contributed by atoms with E-state index in [1.807, 2.05) is 50.5 Å². The van der Waals surface area contributed by atoms with Crippen molar-refractivity contribution in [1.29, 1.82) is 0 Å². The number of nitrogens with one attached hydrogen (secondary N) is 3. The van der Waals surface area contributed by atoms with E-state index in [1.165, 1.54) is 0 Å². The second kappa shape index (κ2) is 9.39. The maximum Gasteiger partial charge on any atom is 0.315 e. The molecule has 0 radical (unpaired) electrons. The van der Waals surface area contributed by atoms with Crippen LogP contribution in [0.2, 0.25) is 0 Å². The van der Waals surface area contributed by atoms with Gasteiger partial charge in [-0.2, -0.15) is 0 Å². The number of urea groups is 1. The van der Waals surface area contributed by atoms with Crippen LogP contribution in [0.3, 0.4) is 0 Å². The zero-order valence-corrected chi connectivity index (χ0v) is 14.5. The molecule has 0 saturated heterocycles. The molecule has 0 aliphatic rings. The molecule has 0 bridgehead atoms. The van der Waals surface area contributed by atoms with E-state index in [4.69, 9.17) is 0 Å². The molecule has 2 aromatic rings. The molecular weight excluding hydrogens is 318 g/mol. The van der Waals surface area contributed by atoms with Gasteiger partial charge in [0.25, 0.3) is 0 Å². The lowest BCUT2D eigenvalue weighted by Crippen LogP contribution is -2.34. The smallest absolute Gasteiger partial charge is 0.315 e. The molecule has 25 heavy (non-hydrogen) atoms. The number of carbonyl (C=O) groups is 2. The number of carbonyl (C=O) groups excluding carboxylic acids is 2. The topological polar surface area (TPSA) is 86.4 Å². The number of aromatic nitrogens is 1. The van der Waals surface area contributed by atoms with E-state index in [-0.39, 0.29) is 11.9 Å². The van der Waals surface area contributed by atoms with Crippen LogP contribution in [0.25, 0.3) is 0 Å². The van der Waals surface area contributed by atoms with Crippen LogP contribution in [0.5, 0.6) is 0 Å². The first-order chi connectivity index (χ1) is 12.0. The van der Waals surface area contributed by atoms with Crippen molar-refractivity contribution >= 4 is 17.6 Å². The van der Waals surface area contributed by atoms with Gasteiger partial charge in [0.2, 0.25) is 5.91 Å². The van der Waals surface area contributed by atoms with Crippen LogP contribution in [0.15, 0.2) is 48.8 Å². The molecule has 0 unspecified atom stereocenters. The van der Waals surface area contributed by atoms with Gasteiger partial charge < -0.3 is 20.9 Å². The third-order valence-electron chi connectivity index (χ3n) is 3.30. The first-order valence-corrected chi connectivity index (χ1v) is 7.97. The number of rotatable bonds is 7. The Morgan fingerprint density at radius 1 is 1.04 bits per heavy atom. The molecule has 0 fully saturated rings. The molecule has 132 valence electrons. The van der Waals surface area contributed by atoms with Crippen molar-refractivity contribution in [2.24, 2.45) is 0 Å². The molecule has 1 aromatic carbocycles. The summed E-state index contributed by atoms with van der Waals surface area (Å²) in [7, 11) is 3.67. The molecule has 0 saturated carbocycles. The van der Waals surface area contributed by atoms with E-state index in [9.17, 15) is 9.59 Å². The number of hydrogen-bond acceptors (Lipinski definition) is 4. The Kier molecular flexibility index (Phi) is 6.91. The van der Waals surface area contributed by atoms with Crippen LogP contribution >= 0.6 is 0 Å². The molecule has 7 nitrogen and oxygen atoms in total. The maximum atomic E-state index is 11.9. The van der Waals surface area contributed by atoms with E-state index in [0.717, 1.165) is 11.1 Å². The minimum Gasteiger partial charge on any atom is -0.334 e. The Morgan fingerprint density at radius 2 is 1.76 bits per heavy atom. The second-order valence-electron chi connectivity index (χ2n) is 5.88. The van der Waals surface area contributed by atoms with Gasteiger partial charge in [-0.3, -0.25) is 9.78 Å². The van der Waals surface area contributed by atoms with Crippen molar-refractivity contribution in [3.63, 3.8) is 0 Å². The summed E-state index contributed by atoms with van der Waals surface area (Å²) in [5.41, 5.74) is 2.55. The fourth-order valence-corrected chi connectivity index (χ4v) is 2.18. The molecule has 0 spiro atoms. The van der Waals surface area contributed by atoms with Crippen molar-refractivity contribution in [3.05, 3.63) is 59.9 Å². The number of likely N-dealkylation sites (N-methyl/N-ethyl adjacent to an activating group) is 1. The van der Waals surface area contributed by atoms with Gasteiger partial charge in [-0.25, -0.2) is 4.79 Å². The fraction of sp³-hybridized carbons (Fsp3) is 0.278. The Hall–Kier alpha value is -2.93. The van der Waals surface area contributed by atoms with Gasteiger partial charge in [0.15, 0.2) is 0 Å². The van der Waals surface area contributed by atoms with Crippen LogP contribution in [-0.2, 0) is 17.9 Å². The standard InChI is InChI=1S/C18H23N5O2/c1-23(2)13-17(24)22-16-7-3-5-14(9-16)11-20-18(25)21-12-15-6-4-8-19-10-15/h3-10H,11-13H2,1-2H3,(H,22,24)(H2,20,21,25).